The van der Waals surface area contributed by atoms with Crippen LogP contribution >= 0.6 is 27.5 Å². The number of allylic oxidation sites excluding steroid dienone is 1. The monoisotopic (exact) mass is 264 g/mol. The van der Waals surface area contributed by atoms with Crippen molar-refractivity contribution in [3.05, 3.63) is 39.6 Å². The smallest absolute Gasteiger partial charge is 0.144 e. The highest BCUT2D eigenvalue weighted by Gasteiger charge is 2.14. The summed E-state index contributed by atoms with van der Waals surface area (Å²) in [7, 11) is 0. The van der Waals surface area contributed by atoms with E-state index in [0.717, 1.165) is 0 Å². The van der Waals surface area contributed by atoms with Crippen molar-refractivity contribution in [2.45, 2.75) is 6.42 Å². The maximum atomic E-state index is 13.3. The van der Waals surface area contributed by atoms with Crippen LogP contribution in [-0.4, -0.2) is 5.11 Å². The van der Waals surface area contributed by atoms with Gasteiger partial charge in [-0.25, -0.2) is 4.39 Å². The van der Waals surface area contributed by atoms with Gasteiger partial charge in [-0.3, -0.25) is 0 Å². The molecule has 0 bridgehead atoms. The lowest BCUT2D eigenvalue weighted by Gasteiger charge is -2.06. The molecule has 4 heteroatoms. The highest BCUT2D eigenvalue weighted by atomic mass is 79.9. The van der Waals surface area contributed by atoms with Crippen molar-refractivity contribution in [3.63, 3.8) is 0 Å². The van der Waals surface area contributed by atoms with Crippen LogP contribution in [0.15, 0.2) is 23.2 Å². The molecule has 0 aliphatic heterocycles. The number of aromatic hydroxyl groups is 1. The Bertz CT molecular complexity index is 326. The van der Waals surface area contributed by atoms with Crippen molar-refractivity contribution in [3.8, 4) is 5.75 Å². The molecule has 1 nitrogen and oxygen atoms in total. The molecule has 1 rings (SSSR count). The van der Waals surface area contributed by atoms with Gasteiger partial charge in [0.25, 0.3) is 0 Å². The van der Waals surface area contributed by atoms with Crippen molar-refractivity contribution < 1.29 is 9.50 Å². The summed E-state index contributed by atoms with van der Waals surface area (Å²) in [5.74, 6) is -0.718. The predicted octanol–water partition coefficient (Wildman–Crippen LogP) is 3.68. The topological polar surface area (TPSA) is 20.2 Å². The van der Waals surface area contributed by atoms with Crippen molar-refractivity contribution in [1.29, 1.82) is 0 Å². The average Bonchev–Trinajstić information content (AvgIpc) is 2.09. The first-order valence-corrected chi connectivity index (χ1v) is 4.71. The molecule has 1 aromatic carbocycles. The molecule has 0 aliphatic carbocycles. The molecule has 1 N–H and O–H groups in total. The fourth-order valence-electron chi connectivity index (χ4n) is 0.966. The van der Waals surface area contributed by atoms with E-state index in [1.807, 2.05) is 0 Å². The third kappa shape index (κ3) is 2.03. The number of phenolic OH excluding ortho intramolecular Hbond substituents is 1. The maximum Gasteiger partial charge on any atom is 0.144 e. The maximum absolute atomic E-state index is 13.3. The van der Waals surface area contributed by atoms with Gasteiger partial charge in [0.05, 0.1) is 9.50 Å². The van der Waals surface area contributed by atoms with Crippen LogP contribution < -0.4 is 0 Å². The zero-order valence-electron chi connectivity index (χ0n) is 6.65. The van der Waals surface area contributed by atoms with Gasteiger partial charge >= 0.3 is 0 Å². The van der Waals surface area contributed by atoms with E-state index >= 15 is 0 Å². The molecule has 0 atom stereocenters. The Balaban J connectivity index is 3.36. The lowest BCUT2D eigenvalue weighted by atomic mass is 10.1. The predicted molar refractivity (Wildman–Crippen MR) is 54.7 cm³/mol. The number of hydrogen-bond donors (Lipinski definition) is 1. The first kappa shape index (κ1) is 10.5. The molecule has 0 saturated heterocycles. The SMILES string of the molecule is C=CCc1c(O)c(Cl)cc(Br)c1F. The number of rotatable bonds is 2. The van der Waals surface area contributed by atoms with Crippen molar-refractivity contribution in [1.82, 2.24) is 0 Å². The summed E-state index contributed by atoms with van der Waals surface area (Å²) in [6.07, 6.45) is 1.75. The molecule has 0 aromatic heterocycles. The van der Waals surface area contributed by atoms with Crippen LogP contribution in [0.1, 0.15) is 5.56 Å². The Morgan fingerprint density at radius 1 is 1.69 bits per heavy atom. The minimum Gasteiger partial charge on any atom is -0.506 e. The summed E-state index contributed by atoms with van der Waals surface area (Å²) in [6.45, 7) is 3.46. The molecule has 70 valence electrons. The molecule has 13 heavy (non-hydrogen) atoms. The second kappa shape index (κ2) is 4.11. The third-order valence-electron chi connectivity index (χ3n) is 1.59. The van der Waals surface area contributed by atoms with Crippen LogP contribution in [0.4, 0.5) is 4.39 Å². The summed E-state index contributed by atoms with van der Waals surface area (Å²) >= 11 is 8.64. The molecule has 0 unspecified atom stereocenters. The van der Waals surface area contributed by atoms with Crippen molar-refractivity contribution in [2.24, 2.45) is 0 Å². The quantitative estimate of drug-likeness (QED) is 0.639. The number of hydrogen-bond acceptors (Lipinski definition) is 1. The van der Waals surface area contributed by atoms with Gasteiger partial charge in [0.2, 0.25) is 0 Å². The second-order valence-electron chi connectivity index (χ2n) is 2.47. The van der Waals surface area contributed by atoms with Crippen LogP contribution in [0.5, 0.6) is 5.75 Å². The normalized spacial score (nSPS) is 10.1. The van der Waals surface area contributed by atoms with E-state index in [1.54, 1.807) is 0 Å². The lowest BCUT2D eigenvalue weighted by Crippen LogP contribution is -1.91. The summed E-state index contributed by atoms with van der Waals surface area (Å²) in [6, 6.07) is 1.32. The van der Waals surface area contributed by atoms with E-state index in [2.05, 4.69) is 22.5 Å². The van der Waals surface area contributed by atoms with Crippen LogP contribution in [0.25, 0.3) is 0 Å². The van der Waals surface area contributed by atoms with Crippen LogP contribution in [0.3, 0.4) is 0 Å². The molecule has 0 radical (unpaired) electrons. The van der Waals surface area contributed by atoms with Gasteiger partial charge in [0, 0.05) is 5.56 Å². The fourth-order valence-corrected chi connectivity index (χ4v) is 1.79. The first-order valence-electron chi connectivity index (χ1n) is 3.54. The van der Waals surface area contributed by atoms with Gasteiger partial charge in [-0.2, -0.15) is 0 Å². The Morgan fingerprint density at radius 3 is 2.85 bits per heavy atom. The van der Waals surface area contributed by atoms with E-state index < -0.39 is 5.82 Å². The minimum atomic E-state index is -0.498. The Labute approximate surface area is 89.0 Å². The van der Waals surface area contributed by atoms with E-state index in [1.165, 1.54) is 12.1 Å². The standard InChI is InChI=1S/C9H7BrClFO/c1-2-3-5-8(12)6(10)4-7(11)9(5)13/h2,4,13H,1,3H2. The highest BCUT2D eigenvalue weighted by molar-refractivity contribution is 9.10. The fraction of sp³-hybridized carbons (Fsp3) is 0.111. The molecule has 0 saturated carbocycles. The lowest BCUT2D eigenvalue weighted by molar-refractivity contribution is 0.460. The van der Waals surface area contributed by atoms with Gasteiger partial charge in [-0.05, 0) is 28.4 Å². The van der Waals surface area contributed by atoms with Gasteiger partial charge in [0.15, 0.2) is 0 Å². The van der Waals surface area contributed by atoms with Gasteiger partial charge in [0.1, 0.15) is 11.6 Å². The van der Waals surface area contributed by atoms with Gasteiger partial charge in [-0.1, -0.05) is 17.7 Å². The Morgan fingerprint density at radius 2 is 2.31 bits per heavy atom. The summed E-state index contributed by atoms with van der Waals surface area (Å²) in [5, 5.41) is 9.52. The molecule has 0 heterocycles. The molecule has 0 aliphatic rings. The van der Waals surface area contributed by atoms with Gasteiger partial charge < -0.3 is 5.11 Å². The number of halogens is 3. The third-order valence-corrected chi connectivity index (χ3v) is 2.45. The molecular weight excluding hydrogens is 258 g/mol. The van der Waals surface area contributed by atoms with E-state index in [9.17, 15) is 9.50 Å². The van der Waals surface area contributed by atoms with Crippen LogP contribution in [0, 0.1) is 5.82 Å². The molecule has 0 amide bonds. The molecular formula is C9H7BrClFO. The first-order chi connectivity index (χ1) is 6.07. The van der Waals surface area contributed by atoms with Crippen molar-refractivity contribution >= 4 is 27.5 Å². The largest absolute Gasteiger partial charge is 0.506 e. The van der Waals surface area contributed by atoms with Crippen LogP contribution in [0.2, 0.25) is 5.02 Å². The Kier molecular flexibility index (Phi) is 3.33. The van der Waals surface area contributed by atoms with E-state index in [0.29, 0.717) is 0 Å². The summed E-state index contributed by atoms with van der Waals surface area (Å²) < 4.78 is 13.6. The second-order valence-corrected chi connectivity index (χ2v) is 3.74. The number of benzene rings is 1. The van der Waals surface area contributed by atoms with E-state index in [-0.39, 0.29) is 27.2 Å². The zero-order valence-corrected chi connectivity index (χ0v) is 8.99. The Hall–Kier alpha value is -0.540. The van der Waals surface area contributed by atoms with Crippen molar-refractivity contribution in [2.75, 3.05) is 0 Å². The highest BCUT2D eigenvalue weighted by Crippen LogP contribution is 2.34. The zero-order chi connectivity index (χ0) is 10.0. The minimum absolute atomic E-state index is 0.130. The molecule has 0 fully saturated rings. The average molecular weight is 266 g/mol. The molecule has 1 aromatic rings. The number of phenols is 1. The summed E-state index contributed by atoms with van der Waals surface area (Å²) in [5.41, 5.74) is 0.161. The van der Waals surface area contributed by atoms with Crippen LogP contribution in [-0.2, 0) is 6.42 Å². The van der Waals surface area contributed by atoms with E-state index in [4.69, 9.17) is 11.6 Å². The molecule has 0 spiro atoms. The van der Waals surface area contributed by atoms with Gasteiger partial charge in [-0.15, -0.1) is 6.58 Å². The summed E-state index contributed by atoms with van der Waals surface area (Å²) in [4.78, 5) is 0.